The van der Waals surface area contributed by atoms with Crippen LogP contribution >= 0.6 is 22.9 Å². The Bertz CT molecular complexity index is 986. The van der Waals surface area contributed by atoms with Crippen LogP contribution in [0.3, 0.4) is 0 Å². The highest BCUT2D eigenvalue weighted by Gasteiger charge is 2.33. The predicted molar refractivity (Wildman–Crippen MR) is 131 cm³/mol. The van der Waals surface area contributed by atoms with Crippen molar-refractivity contribution >= 4 is 40.4 Å². The number of carbonyl (C=O) groups is 2. The number of rotatable bonds is 9. The molecule has 4 N–H and O–H groups in total. The number of nitrogens with zero attached hydrogens (tertiary/aromatic N) is 1. The number of aliphatic hydroxyl groups excluding tert-OH is 1. The molecule has 0 aromatic carbocycles. The van der Waals surface area contributed by atoms with Crippen LogP contribution in [0.1, 0.15) is 65.2 Å². The summed E-state index contributed by atoms with van der Waals surface area (Å²) in [5.74, 6) is 0.0962. The number of anilines is 1. The van der Waals surface area contributed by atoms with Gasteiger partial charge in [-0.05, 0) is 50.3 Å². The van der Waals surface area contributed by atoms with Crippen LogP contribution in [-0.4, -0.2) is 40.1 Å². The van der Waals surface area contributed by atoms with Crippen molar-refractivity contribution in [2.75, 3.05) is 5.32 Å². The van der Waals surface area contributed by atoms with Crippen molar-refractivity contribution in [2.45, 2.75) is 76.6 Å². The second-order valence-electron chi connectivity index (χ2n) is 9.15. The van der Waals surface area contributed by atoms with Crippen LogP contribution in [0.2, 0.25) is 5.02 Å². The van der Waals surface area contributed by atoms with Gasteiger partial charge in [-0.25, -0.2) is 0 Å². The molecule has 0 saturated heterocycles. The monoisotopic (exact) mass is 490 g/mol. The number of thiophene rings is 1. The van der Waals surface area contributed by atoms with Gasteiger partial charge in [0.15, 0.2) is 0 Å². The zero-order valence-corrected chi connectivity index (χ0v) is 20.3. The highest BCUT2D eigenvalue weighted by molar-refractivity contribution is 7.14. The topological polar surface area (TPSA) is 103 Å². The summed E-state index contributed by atoms with van der Waals surface area (Å²) in [4.78, 5) is 31.7. The maximum absolute atomic E-state index is 13.0. The maximum Gasteiger partial charge on any atom is 0.262 e. The minimum absolute atomic E-state index is 0.000619. The summed E-state index contributed by atoms with van der Waals surface area (Å²) >= 11 is 7.44. The number of pyridine rings is 1. The summed E-state index contributed by atoms with van der Waals surface area (Å²) in [5.41, 5.74) is 1.71. The highest BCUT2D eigenvalue weighted by atomic mass is 35.5. The number of hydrogen-bond acceptors (Lipinski definition) is 6. The van der Waals surface area contributed by atoms with Gasteiger partial charge in [-0.2, -0.15) is 0 Å². The molecule has 2 aliphatic carbocycles. The molecule has 0 radical (unpaired) electrons. The summed E-state index contributed by atoms with van der Waals surface area (Å²) in [5, 5.41) is 19.4. The Morgan fingerprint density at radius 2 is 2.03 bits per heavy atom. The van der Waals surface area contributed by atoms with Crippen LogP contribution in [0.5, 0.6) is 0 Å². The molecule has 2 saturated carbocycles. The molecule has 0 bridgehead atoms. The summed E-state index contributed by atoms with van der Waals surface area (Å²) < 4.78 is 0. The Labute approximate surface area is 203 Å². The molecule has 0 spiro atoms. The number of halogens is 1. The van der Waals surface area contributed by atoms with E-state index in [4.69, 9.17) is 11.6 Å². The Kier molecular flexibility index (Phi) is 7.88. The fourth-order valence-corrected chi connectivity index (χ4v) is 5.52. The Hall–Kier alpha value is -2.16. The lowest BCUT2D eigenvalue weighted by atomic mass is 9.89. The van der Waals surface area contributed by atoms with Crippen molar-refractivity contribution in [2.24, 2.45) is 5.92 Å². The summed E-state index contributed by atoms with van der Waals surface area (Å²) in [6.45, 7) is 2.46. The van der Waals surface area contributed by atoms with E-state index in [0.29, 0.717) is 41.6 Å². The van der Waals surface area contributed by atoms with E-state index in [2.05, 4.69) is 20.9 Å². The molecule has 178 valence electrons. The third kappa shape index (κ3) is 6.46. The van der Waals surface area contributed by atoms with Crippen LogP contribution in [0.4, 0.5) is 5.69 Å². The summed E-state index contributed by atoms with van der Waals surface area (Å²) in [6.07, 6.45) is 7.69. The summed E-state index contributed by atoms with van der Waals surface area (Å²) in [6, 6.07) is 4.99. The first-order valence-electron chi connectivity index (χ1n) is 11.6. The van der Waals surface area contributed by atoms with Crippen molar-refractivity contribution in [3.8, 4) is 0 Å². The molecule has 7 nitrogen and oxygen atoms in total. The third-order valence-corrected chi connectivity index (χ3v) is 7.81. The Balaban J connectivity index is 1.36. The average Bonchev–Trinajstić information content (AvgIpc) is 3.45. The van der Waals surface area contributed by atoms with Crippen molar-refractivity contribution in [1.29, 1.82) is 0 Å². The number of aromatic nitrogens is 1. The predicted octanol–water partition coefficient (Wildman–Crippen LogP) is 4.04. The van der Waals surface area contributed by atoms with Crippen LogP contribution in [-0.2, 0) is 11.3 Å². The fraction of sp³-hybridized carbons (Fsp3) is 0.542. The number of carbonyl (C=O) groups excluding carboxylic acids is 2. The van der Waals surface area contributed by atoms with Gasteiger partial charge in [0.05, 0.1) is 27.4 Å². The first kappa shape index (κ1) is 24.0. The van der Waals surface area contributed by atoms with E-state index in [-0.39, 0.29) is 24.0 Å². The van der Waals surface area contributed by atoms with Gasteiger partial charge in [0.25, 0.3) is 5.91 Å². The molecule has 33 heavy (non-hydrogen) atoms. The van der Waals surface area contributed by atoms with Crippen molar-refractivity contribution in [1.82, 2.24) is 15.6 Å². The van der Waals surface area contributed by atoms with Crippen LogP contribution in [0.25, 0.3) is 0 Å². The lowest BCUT2D eigenvalue weighted by molar-refractivity contribution is -0.125. The van der Waals surface area contributed by atoms with E-state index in [0.717, 1.165) is 29.1 Å². The van der Waals surface area contributed by atoms with E-state index < -0.39 is 6.04 Å². The first-order chi connectivity index (χ1) is 15.9. The van der Waals surface area contributed by atoms with Gasteiger partial charge in [-0.3, -0.25) is 14.6 Å². The normalized spacial score (nSPS) is 21.3. The Morgan fingerprint density at radius 3 is 2.76 bits per heavy atom. The molecular weight excluding hydrogens is 460 g/mol. The quantitative estimate of drug-likeness (QED) is 0.425. The van der Waals surface area contributed by atoms with Gasteiger partial charge in [-0.15, -0.1) is 11.3 Å². The van der Waals surface area contributed by atoms with Crippen LogP contribution in [0.15, 0.2) is 24.4 Å². The van der Waals surface area contributed by atoms with Gasteiger partial charge in [0, 0.05) is 23.7 Å². The molecule has 9 heteroatoms. The lowest BCUT2D eigenvalue weighted by Gasteiger charge is -2.33. The van der Waals surface area contributed by atoms with Crippen molar-refractivity contribution in [3.05, 3.63) is 44.9 Å². The number of aryl methyl sites for hydroxylation is 1. The van der Waals surface area contributed by atoms with E-state index in [1.165, 1.54) is 24.2 Å². The van der Waals surface area contributed by atoms with Gasteiger partial charge in [0.2, 0.25) is 5.91 Å². The first-order valence-corrected chi connectivity index (χ1v) is 12.8. The second-order valence-corrected chi connectivity index (χ2v) is 10.8. The van der Waals surface area contributed by atoms with Gasteiger partial charge < -0.3 is 21.1 Å². The standard InChI is InChI=1S/C24H31ClN4O3S/c1-14-20(9-16(25)12-26-14)27-13-19-6-7-22(33-19)24(32)29-21(8-15-4-2-3-5-15)23(31)28-17-10-18(30)11-17/h6-7,9,12,15,17-18,21,27,30H,2-5,8,10-11,13H2,1H3,(H,28,31)(H,29,32)/t17?,18?,21-/m0/s1. The minimum atomic E-state index is -0.554. The molecule has 2 aliphatic rings. The molecule has 0 aliphatic heterocycles. The van der Waals surface area contributed by atoms with Crippen molar-refractivity contribution < 1.29 is 14.7 Å². The number of nitrogens with one attached hydrogen (secondary N) is 3. The van der Waals surface area contributed by atoms with Gasteiger partial charge in [0.1, 0.15) is 6.04 Å². The minimum Gasteiger partial charge on any atom is -0.393 e. The number of hydrogen-bond donors (Lipinski definition) is 4. The number of aliphatic hydroxyl groups is 1. The molecule has 4 rings (SSSR count). The number of amides is 2. The van der Waals surface area contributed by atoms with Gasteiger partial charge >= 0.3 is 0 Å². The largest absolute Gasteiger partial charge is 0.393 e. The molecular formula is C24H31ClN4O3S. The molecule has 2 aromatic heterocycles. The third-order valence-electron chi connectivity index (χ3n) is 6.52. The molecule has 2 aromatic rings. The maximum atomic E-state index is 13.0. The van der Waals surface area contributed by atoms with Crippen molar-refractivity contribution in [3.63, 3.8) is 0 Å². The lowest BCUT2D eigenvalue weighted by Crippen LogP contribution is -2.54. The molecule has 0 unspecified atom stereocenters. The Morgan fingerprint density at radius 1 is 1.27 bits per heavy atom. The molecule has 2 amide bonds. The highest BCUT2D eigenvalue weighted by Crippen LogP contribution is 2.29. The van der Waals surface area contributed by atoms with E-state index in [1.807, 2.05) is 19.1 Å². The van der Waals surface area contributed by atoms with Crippen LogP contribution in [0, 0.1) is 12.8 Å². The zero-order chi connectivity index (χ0) is 23.4. The fourth-order valence-electron chi connectivity index (χ4n) is 4.51. The average molecular weight is 491 g/mol. The summed E-state index contributed by atoms with van der Waals surface area (Å²) in [7, 11) is 0. The zero-order valence-electron chi connectivity index (χ0n) is 18.8. The molecule has 2 fully saturated rings. The second kappa shape index (κ2) is 10.8. The molecule has 2 heterocycles. The van der Waals surface area contributed by atoms with E-state index in [1.54, 1.807) is 12.3 Å². The van der Waals surface area contributed by atoms with Crippen LogP contribution < -0.4 is 16.0 Å². The smallest absolute Gasteiger partial charge is 0.262 e. The van der Waals surface area contributed by atoms with E-state index >= 15 is 0 Å². The molecule has 1 atom stereocenters. The van der Waals surface area contributed by atoms with E-state index in [9.17, 15) is 14.7 Å². The van der Waals surface area contributed by atoms with Gasteiger partial charge in [-0.1, -0.05) is 37.3 Å². The SMILES string of the molecule is Cc1ncc(Cl)cc1NCc1ccc(C(=O)N[C@@H](CC2CCCC2)C(=O)NC2CC(O)C2)s1.